The molecule has 0 aliphatic carbocycles. The molecule has 24 heavy (non-hydrogen) atoms. The van der Waals surface area contributed by atoms with Crippen LogP contribution in [-0.4, -0.2) is 25.0 Å². The summed E-state index contributed by atoms with van der Waals surface area (Å²) in [6.07, 6.45) is -0.910. The zero-order valence-electron chi connectivity index (χ0n) is 13.2. The van der Waals surface area contributed by atoms with Crippen LogP contribution in [0, 0.1) is 5.82 Å². The van der Waals surface area contributed by atoms with Crippen LogP contribution >= 0.6 is 0 Å². The lowest BCUT2D eigenvalue weighted by Gasteiger charge is -2.20. The summed E-state index contributed by atoms with van der Waals surface area (Å²) < 4.78 is 19.0. The Bertz CT molecular complexity index is 706. The molecule has 0 saturated heterocycles. The first kappa shape index (κ1) is 17.6. The Morgan fingerprint density at radius 2 is 1.75 bits per heavy atom. The molecule has 2 aromatic carbocycles. The van der Waals surface area contributed by atoms with E-state index < -0.39 is 29.8 Å². The maximum Gasteiger partial charge on any atom is 0.254 e. The van der Waals surface area contributed by atoms with E-state index in [0.29, 0.717) is 11.1 Å². The van der Waals surface area contributed by atoms with Gasteiger partial charge in [-0.25, -0.2) is 4.39 Å². The number of primary amides is 1. The van der Waals surface area contributed by atoms with E-state index in [1.807, 2.05) is 6.07 Å². The van der Waals surface area contributed by atoms with Gasteiger partial charge in [0.25, 0.3) is 5.91 Å². The van der Waals surface area contributed by atoms with Crippen LogP contribution in [-0.2, 0) is 20.7 Å². The fourth-order valence-electron chi connectivity index (χ4n) is 2.38. The number of amides is 2. The molecular formula is C18H19FN2O3. The Labute approximate surface area is 139 Å². The van der Waals surface area contributed by atoms with E-state index in [9.17, 15) is 14.0 Å². The fourth-order valence-corrected chi connectivity index (χ4v) is 2.38. The van der Waals surface area contributed by atoms with Crippen molar-refractivity contribution in [3.05, 3.63) is 71.5 Å². The Hall–Kier alpha value is -2.73. The first-order valence-corrected chi connectivity index (χ1v) is 7.43. The molecule has 0 heterocycles. The Morgan fingerprint density at radius 1 is 1.12 bits per heavy atom. The van der Waals surface area contributed by atoms with Crippen LogP contribution in [0.25, 0.3) is 0 Å². The number of benzene rings is 2. The molecule has 2 rings (SSSR count). The van der Waals surface area contributed by atoms with Crippen LogP contribution in [0.1, 0.15) is 17.2 Å². The Morgan fingerprint density at radius 3 is 2.33 bits per heavy atom. The van der Waals surface area contributed by atoms with Gasteiger partial charge < -0.3 is 15.8 Å². The van der Waals surface area contributed by atoms with Crippen molar-refractivity contribution in [1.82, 2.24) is 5.32 Å². The second-order valence-electron chi connectivity index (χ2n) is 5.29. The minimum absolute atomic E-state index is 0.0288. The van der Waals surface area contributed by atoms with Crippen molar-refractivity contribution in [1.29, 1.82) is 0 Å². The van der Waals surface area contributed by atoms with Gasteiger partial charge in [0.05, 0.1) is 0 Å². The van der Waals surface area contributed by atoms with Gasteiger partial charge in [0, 0.05) is 13.5 Å². The molecule has 3 N–H and O–H groups in total. The van der Waals surface area contributed by atoms with Gasteiger partial charge in [-0.2, -0.15) is 0 Å². The van der Waals surface area contributed by atoms with Crippen LogP contribution < -0.4 is 11.1 Å². The van der Waals surface area contributed by atoms with Gasteiger partial charge in [0.15, 0.2) is 6.10 Å². The normalized spacial score (nSPS) is 13.1. The molecule has 2 aromatic rings. The van der Waals surface area contributed by atoms with Crippen molar-refractivity contribution in [2.75, 3.05) is 7.11 Å². The third kappa shape index (κ3) is 4.39. The van der Waals surface area contributed by atoms with Crippen molar-refractivity contribution in [3.63, 3.8) is 0 Å². The van der Waals surface area contributed by atoms with Crippen molar-refractivity contribution < 1.29 is 18.7 Å². The van der Waals surface area contributed by atoms with E-state index in [2.05, 4.69) is 5.32 Å². The molecule has 5 nitrogen and oxygen atoms in total. The number of nitrogens with two attached hydrogens (primary N) is 1. The lowest BCUT2D eigenvalue weighted by Crippen LogP contribution is -2.47. The van der Waals surface area contributed by atoms with Crippen LogP contribution in [0.3, 0.4) is 0 Å². The van der Waals surface area contributed by atoms with Crippen molar-refractivity contribution in [2.24, 2.45) is 5.73 Å². The van der Waals surface area contributed by atoms with Crippen molar-refractivity contribution in [2.45, 2.75) is 18.6 Å². The summed E-state index contributed by atoms with van der Waals surface area (Å²) in [6.45, 7) is 0. The lowest BCUT2D eigenvalue weighted by atomic mass is 10.0. The number of nitrogens with one attached hydrogen (secondary N) is 1. The third-order valence-corrected chi connectivity index (χ3v) is 3.62. The standard InChI is InChI=1S/C18H19FN2O3/c1-24-16(12-7-3-2-4-8-12)18(23)21-15(17(20)22)11-13-9-5-6-10-14(13)19/h2-10,15-16H,11H2,1H3,(H2,20,22)(H,21,23)/t15-,16+/m0/s1. The number of hydrogen-bond acceptors (Lipinski definition) is 3. The molecule has 0 fully saturated rings. The summed E-state index contributed by atoms with van der Waals surface area (Å²) in [7, 11) is 1.40. The molecule has 126 valence electrons. The largest absolute Gasteiger partial charge is 0.368 e. The van der Waals surface area contributed by atoms with Gasteiger partial charge in [0.1, 0.15) is 11.9 Å². The van der Waals surface area contributed by atoms with Gasteiger partial charge in [-0.05, 0) is 17.2 Å². The van der Waals surface area contributed by atoms with E-state index in [4.69, 9.17) is 10.5 Å². The molecule has 0 unspecified atom stereocenters. The number of ether oxygens (including phenoxy) is 1. The Kier molecular flexibility index (Phi) is 6.03. The van der Waals surface area contributed by atoms with Crippen LogP contribution in [0.4, 0.5) is 4.39 Å². The number of rotatable bonds is 7. The van der Waals surface area contributed by atoms with Gasteiger partial charge >= 0.3 is 0 Å². The zero-order chi connectivity index (χ0) is 17.5. The highest BCUT2D eigenvalue weighted by Crippen LogP contribution is 2.17. The Balaban J connectivity index is 2.13. The van der Waals surface area contributed by atoms with Gasteiger partial charge in [-0.1, -0.05) is 48.5 Å². The van der Waals surface area contributed by atoms with Crippen LogP contribution in [0.15, 0.2) is 54.6 Å². The highest BCUT2D eigenvalue weighted by atomic mass is 19.1. The molecule has 2 atom stereocenters. The highest BCUT2D eigenvalue weighted by molar-refractivity contribution is 5.89. The van der Waals surface area contributed by atoms with Gasteiger partial charge in [-0.3, -0.25) is 9.59 Å². The van der Waals surface area contributed by atoms with E-state index in [0.717, 1.165) is 0 Å². The molecule has 0 aliphatic heterocycles. The first-order valence-electron chi connectivity index (χ1n) is 7.43. The van der Waals surface area contributed by atoms with Crippen molar-refractivity contribution in [3.8, 4) is 0 Å². The number of hydrogen-bond donors (Lipinski definition) is 2. The molecule has 6 heteroatoms. The predicted molar refractivity (Wildman–Crippen MR) is 87.4 cm³/mol. The van der Waals surface area contributed by atoms with Crippen LogP contribution in [0.5, 0.6) is 0 Å². The highest BCUT2D eigenvalue weighted by Gasteiger charge is 2.26. The minimum atomic E-state index is -1.03. The molecule has 2 amide bonds. The van der Waals surface area contributed by atoms with Gasteiger partial charge in [0.2, 0.25) is 5.91 Å². The average Bonchev–Trinajstić information content (AvgIpc) is 2.57. The molecule has 0 radical (unpaired) electrons. The number of methoxy groups -OCH3 is 1. The summed E-state index contributed by atoms with van der Waals surface area (Å²) in [5.41, 5.74) is 6.29. The maximum atomic E-state index is 13.8. The third-order valence-electron chi connectivity index (χ3n) is 3.62. The zero-order valence-corrected chi connectivity index (χ0v) is 13.2. The summed E-state index contributed by atoms with van der Waals surface area (Å²) in [5.74, 6) is -1.71. The summed E-state index contributed by atoms with van der Waals surface area (Å²) in [6, 6.07) is 13.9. The summed E-state index contributed by atoms with van der Waals surface area (Å²) in [5, 5.41) is 2.54. The lowest BCUT2D eigenvalue weighted by molar-refractivity contribution is -0.134. The second kappa shape index (κ2) is 8.21. The minimum Gasteiger partial charge on any atom is -0.368 e. The SMILES string of the molecule is CO[C@@H](C(=O)N[C@@H](Cc1ccccc1F)C(N)=O)c1ccccc1. The maximum absolute atomic E-state index is 13.8. The van der Waals surface area contributed by atoms with Crippen molar-refractivity contribution >= 4 is 11.8 Å². The van der Waals surface area contributed by atoms with E-state index in [1.54, 1.807) is 42.5 Å². The predicted octanol–water partition coefficient (Wildman–Crippen LogP) is 1.73. The first-order chi connectivity index (χ1) is 11.5. The molecule has 0 spiro atoms. The fraction of sp³-hybridized carbons (Fsp3) is 0.222. The topological polar surface area (TPSA) is 81.4 Å². The van der Waals surface area contributed by atoms with Crippen LogP contribution in [0.2, 0.25) is 0 Å². The second-order valence-corrected chi connectivity index (χ2v) is 5.29. The quantitative estimate of drug-likeness (QED) is 0.811. The smallest absolute Gasteiger partial charge is 0.254 e. The summed E-state index contributed by atoms with van der Waals surface area (Å²) in [4.78, 5) is 24.1. The van der Waals surface area contributed by atoms with E-state index in [1.165, 1.54) is 13.2 Å². The number of carbonyl (C=O) groups excluding carboxylic acids is 2. The average molecular weight is 330 g/mol. The number of halogens is 1. The molecule has 0 saturated carbocycles. The summed E-state index contributed by atoms with van der Waals surface area (Å²) >= 11 is 0. The van der Waals surface area contributed by atoms with E-state index >= 15 is 0 Å². The van der Waals surface area contributed by atoms with E-state index in [-0.39, 0.29) is 6.42 Å². The monoisotopic (exact) mass is 330 g/mol. The molecule has 0 aromatic heterocycles. The molecule has 0 bridgehead atoms. The number of carbonyl (C=O) groups is 2. The molecular weight excluding hydrogens is 311 g/mol. The van der Waals surface area contributed by atoms with Gasteiger partial charge in [-0.15, -0.1) is 0 Å². The molecule has 0 aliphatic rings.